The van der Waals surface area contributed by atoms with Crippen LogP contribution >= 0.6 is 0 Å². The first-order valence-corrected chi connectivity index (χ1v) is 27.7. The van der Waals surface area contributed by atoms with E-state index in [0.29, 0.717) is 19.3 Å². The van der Waals surface area contributed by atoms with Crippen molar-refractivity contribution in [1.29, 1.82) is 0 Å². The van der Waals surface area contributed by atoms with Gasteiger partial charge in [-0.2, -0.15) is 0 Å². The Labute approximate surface area is 387 Å². The predicted molar refractivity (Wildman–Crippen MR) is 266 cm³/mol. The average Bonchev–Trinajstić information content (AvgIpc) is 3.24. The number of hydrogen-bond donors (Lipinski definition) is 0. The summed E-state index contributed by atoms with van der Waals surface area (Å²) in [6.45, 7) is 11.4. The molecule has 0 aromatic heterocycles. The minimum atomic E-state index is -0.761. The molecule has 6 heteroatoms. The average molecular weight is 877 g/mol. The molecule has 0 spiro atoms. The molecule has 0 unspecified atom stereocenters. The van der Waals surface area contributed by atoms with Gasteiger partial charge in [-0.1, -0.05) is 272 Å². The van der Waals surface area contributed by atoms with E-state index in [2.05, 4.69) is 34.6 Å². The van der Waals surface area contributed by atoms with Crippen molar-refractivity contribution in [3.8, 4) is 0 Å². The largest absolute Gasteiger partial charge is 0.462 e. The Morgan fingerprint density at radius 2 is 0.532 bits per heavy atom. The molecule has 0 radical (unpaired) electrons. The first-order valence-electron chi connectivity index (χ1n) is 27.7. The van der Waals surface area contributed by atoms with Gasteiger partial charge in [-0.15, -0.1) is 0 Å². The maximum absolute atomic E-state index is 12.8. The molecule has 0 aliphatic carbocycles. The highest BCUT2D eigenvalue weighted by molar-refractivity contribution is 5.71. The lowest BCUT2D eigenvalue weighted by molar-refractivity contribution is -0.167. The monoisotopic (exact) mass is 877 g/mol. The van der Waals surface area contributed by atoms with Crippen LogP contribution in [-0.2, 0) is 28.6 Å². The topological polar surface area (TPSA) is 78.9 Å². The number of carbonyl (C=O) groups is 3. The molecule has 0 amide bonds. The highest BCUT2D eigenvalue weighted by Gasteiger charge is 2.19. The Bertz CT molecular complexity index is 947. The fourth-order valence-electron chi connectivity index (χ4n) is 8.52. The molecule has 1 atom stereocenters. The van der Waals surface area contributed by atoms with E-state index < -0.39 is 6.10 Å². The molecule has 0 saturated carbocycles. The highest BCUT2D eigenvalue weighted by atomic mass is 16.6. The van der Waals surface area contributed by atoms with Crippen molar-refractivity contribution >= 4 is 17.9 Å². The molecule has 0 saturated heterocycles. The normalized spacial score (nSPS) is 12.0. The smallest absolute Gasteiger partial charge is 0.306 e. The van der Waals surface area contributed by atoms with Crippen molar-refractivity contribution in [1.82, 2.24) is 0 Å². The molecular weight excluding hydrogens is 769 g/mol. The number of esters is 3. The Kier molecular flexibility index (Phi) is 47.6. The summed E-state index contributed by atoms with van der Waals surface area (Å²) < 4.78 is 16.8. The molecule has 0 N–H and O–H groups in total. The zero-order valence-corrected chi connectivity index (χ0v) is 42.5. The van der Waals surface area contributed by atoms with Gasteiger partial charge >= 0.3 is 17.9 Å². The van der Waals surface area contributed by atoms with Gasteiger partial charge in [0.15, 0.2) is 6.10 Å². The quantitative estimate of drug-likeness (QED) is 0.0344. The number of unbranched alkanes of at least 4 members (excludes halogenated alkanes) is 35. The van der Waals surface area contributed by atoms with Crippen molar-refractivity contribution < 1.29 is 28.6 Å². The second-order valence-electron chi connectivity index (χ2n) is 20.2. The zero-order chi connectivity index (χ0) is 45.4. The summed E-state index contributed by atoms with van der Waals surface area (Å²) in [7, 11) is 0. The van der Waals surface area contributed by atoms with Gasteiger partial charge in [-0.3, -0.25) is 14.4 Å². The lowest BCUT2D eigenvalue weighted by atomic mass is 10.0. The molecule has 0 bridgehead atoms. The van der Waals surface area contributed by atoms with Gasteiger partial charge < -0.3 is 14.2 Å². The third kappa shape index (κ3) is 49.4. The minimum absolute atomic E-state index is 0.0633. The van der Waals surface area contributed by atoms with E-state index in [4.69, 9.17) is 14.2 Å². The van der Waals surface area contributed by atoms with Gasteiger partial charge in [0.25, 0.3) is 0 Å². The van der Waals surface area contributed by atoms with Crippen molar-refractivity contribution in [3.63, 3.8) is 0 Å². The first kappa shape index (κ1) is 60.4. The first-order chi connectivity index (χ1) is 30.2. The Morgan fingerprint density at radius 1 is 0.306 bits per heavy atom. The number of carbonyl (C=O) groups excluding carboxylic acids is 3. The van der Waals surface area contributed by atoms with Gasteiger partial charge in [0.1, 0.15) is 13.2 Å². The Balaban J connectivity index is 4.15. The molecular formula is C56H108O6. The molecule has 368 valence electrons. The predicted octanol–water partition coefficient (Wildman–Crippen LogP) is 18.1. The van der Waals surface area contributed by atoms with Gasteiger partial charge in [-0.25, -0.2) is 0 Å². The summed E-state index contributed by atoms with van der Waals surface area (Å²) in [6, 6.07) is 0. The van der Waals surface area contributed by atoms with Gasteiger partial charge in [0.2, 0.25) is 0 Å². The standard InChI is InChI=1S/C56H108O6/c1-6-7-8-9-29-36-41-46-54(57)60-49-53(62-56(59)48-43-38-33-28-24-20-16-12-14-18-22-26-31-35-40-45-52(4)5)50-61-55(58)47-42-37-32-27-23-19-15-11-10-13-17-21-25-30-34-39-44-51(2)3/h51-53H,6-50H2,1-5H3/t53-/m1/s1. The van der Waals surface area contributed by atoms with Gasteiger partial charge in [0, 0.05) is 19.3 Å². The van der Waals surface area contributed by atoms with Gasteiger partial charge in [0.05, 0.1) is 0 Å². The number of hydrogen-bond acceptors (Lipinski definition) is 6. The maximum Gasteiger partial charge on any atom is 0.306 e. The molecule has 0 heterocycles. The second kappa shape index (κ2) is 48.9. The fraction of sp³-hybridized carbons (Fsp3) is 0.946. The van der Waals surface area contributed by atoms with E-state index in [1.54, 1.807) is 0 Å². The highest BCUT2D eigenvalue weighted by Crippen LogP contribution is 2.18. The summed E-state index contributed by atoms with van der Waals surface area (Å²) in [6.07, 6.45) is 51.1. The molecule has 0 fully saturated rings. The van der Waals surface area contributed by atoms with Crippen LogP contribution in [0.1, 0.15) is 311 Å². The van der Waals surface area contributed by atoms with Crippen LogP contribution in [0.25, 0.3) is 0 Å². The molecule has 0 rings (SSSR count). The van der Waals surface area contributed by atoms with Crippen molar-refractivity contribution in [2.24, 2.45) is 11.8 Å². The summed E-state index contributed by atoms with van der Waals surface area (Å²) in [5, 5.41) is 0. The summed E-state index contributed by atoms with van der Waals surface area (Å²) in [4.78, 5) is 37.9. The van der Waals surface area contributed by atoms with Crippen LogP contribution in [0, 0.1) is 11.8 Å². The van der Waals surface area contributed by atoms with Gasteiger partial charge in [-0.05, 0) is 31.1 Å². The lowest BCUT2D eigenvalue weighted by Gasteiger charge is -2.18. The van der Waals surface area contributed by atoms with Crippen molar-refractivity contribution in [2.75, 3.05) is 13.2 Å². The molecule has 0 aliphatic rings. The minimum Gasteiger partial charge on any atom is -0.462 e. The zero-order valence-electron chi connectivity index (χ0n) is 42.5. The van der Waals surface area contributed by atoms with Crippen LogP contribution in [0.3, 0.4) is 0 Å². The van der Waals surface area contributed by atoms with E-state index in [9.17, 15) is 14.4 Å². The van der Waals surface area contributed by atoms with Crippen molar-refractivity contribution in [3.05, 3.63) is 0 Å². The van der Waals surface area contributed by atoms with E-state index in [0.717, 1.165) is 69.6 Å². The van der Waals surface area contributed by atoms with Crippen LogP contribution in [0.2, 0.25) is 0 Å². The molecule has 0 aromatic rings. The van der Waals surface area contributed by atoms with Crippen LogP contribution in [0.4, 0.5) is 0 Å². The van der Waals surface area contributed by atoms with Crippen molar-refractivity contribution in [2.45, 2.75) is 317 Å². The second-order valence-corrected chi connectivity index (χ2v) is 20.2. The Hall–Kier alpha value is -1.59. The van der Waals surface area contributed by atoms with Crippen LogP contribution in [0.15, 0.2) is 0 Å². The molecule has 62 heavy (non-hydrogen) atoms. The molecule has 0 aromatic carbocycles. The SMILES string of the molecule is CCCCCCCCCC(=O)OC[C@H](COC(=O)CCCCCCCCCCCCCCCCCCC(C)C)OC(=O)CCCCCCCCCCCCCCCCCC(C)C. The number of ether oxygens (including phenoxy) is 3. The third-order valence-electron chi connectivity index (χ3n) is 12.7. The third-order valence-corrected chi connectivity index (χ3v) is 12.7. The van der Waals surface area contributed by atoms with E-state index in [1.165, 1.54) is 199 Å². The Morgan fingerprint density at radius 3 is 0.790 bits per heavy atom. The number of rotatable bonds is 50. The summed E-state index contributed by atoms with van der Waals surface area (Å²) >= 11 is 0. The molecule has 6 nitrogen and oxygen atoms in total. The molecule has 0 aliphatic heterocycles. The van der Waals surface area contributed by atoms with Crippen LogP contribution in [0.5, 0.6) is 0 Å². The summed E-state index contributed by atoms with van der Waals surface area (Å²) in [5.74, 6) is 0.852. The van der Waals surface area contributed by atoms with Crippen LogP contribution < -0.4 is 0 Å². The van der Waals surface area contributed by atoms with Crippen LogP contribution in [-0.4, -0.2) is 37.2 Å². The van der Waals surface area contributed by atoms with E-state index in [1.807, 2.05) is 0 Å². The van der Waals surface area contributed by atoms with E-state index >= 15 is 0 Å². The fourth-order valence-corrected chi connectivity index (χ4v) is 8.52. The summed E-state index contributed by atoms with van der Waals surface area (Å²) in [5.41, 5.74) is 0. The van der Waals surface area contributed by atoms with E-state index in [-0.39, 0.29) is 31.1 Å². The maximum atomic E-state index is 12.8. The lowest BCUT2D eigenvalue weighted by Crippen LogP contribution is -2.30.